The number of ether oxygens (including phenoxy) is 3. The molecule has 4 aliphatic rings. The first kappa shape index (κ1) is 33.5. The number of fused-ring (bicyclic) bond motifs is 5. The van der Waals surface area contributed by atoms with Crippen LogP contribution in [-0.4, -0.2) is 86.5 Å². The van der Waals surface area contributed by atoms with Crippen molar-refractivity contribution in [2.24, 2.45) is 16.7 Å². The first-order chi connectivity index (χ1) is 22.1. The molecule has 3 fully saturated rings. The average Bonchev–Trinajstić information content (AvgIpc) is 3.05. The third-order valence-electron chi connectivity index (χ3n) is 11.9. The van der Waals surface area contributed by atoms with E-state index in [0.717, 1.165) is 5.56 Å². The van der Waals surface area contributed by atoms with E-state index in [2.05, 4.69) is 0 Å². The Bertz CT molecular complexity index is 1590. The van der Waals surface area contributed by atoms with Gasteiger partial charge in [0.15, 0.2) is 6.10 Å². The summed E-state index contributed by atoms with van der Waals surface area (Å²) >= 11 is 0. The van der Waals surface area contributed by atoms with E-state index in [1.165, 1.54) is 0 Å². The molecule has 2 bridgehead atoms. The highest BCUT2D eigenvalue weighted by Gasteiger charge is 2.75. The van der Waals surface area contributed by atoms with Gasteiger partial charge in [-0.05, 0) is 37.1 Å². The van der Waals surface area contributed by atoms with Crippen molar-refractivity contribution in [3.8, 4) is 0 Å². The molecular weight excluding hydrogens is 604 g/mol. The van der Waals surface area contributed by atoms with Crippen molar-refractivity contribution in [1.82, 2.24) is 0 Å². The molecule has 47 heavy (non-hydrogen) atoms. The highest BCUT2D eigenvalue weighted by molar-refractivity contribution is 5.91. The van der Waals surface area contributed by atoms with E-state index in [4.69, 9.17) is 14.2 Å². The minimum absolute atomic E-state index is 0.00777. The van der Waals surface area contributed by atoms with Crippen LogP contribution >= 0.6 is 0 Å². The fraction of sp³-hybridized carbons (Fsp3) is 0.541. The molecule has 10 atom stereocenters. The standard InChI is InChI=1S/C37H44O10/c1-20(22-12-8-6-9-13-22)29(40)33(42)46-25-18-37(44)31(47-32(41)23-14-10-7-11-15-23)30-35(5,27(39)17-28-36(30,43)19-45-28)26(38)16-24(21(25)2)34(37,3)4/h6-15,20,25,27-31,39-40,43-44H,16-19H2,1-5H3/t20-,25?,27?,28?,29?,30?,31?,35+,36-,37?/m0/s1. The number of esters is 2. The van der Waals surface area contributed by atoms with Gasteiger partial charge < -0.3 is 34.6 Å². The summed E-state index contributed by atoms with van der Waals surface area (Å²) in [4.78, 5) is 41.7. The van der Waals surface area contributed by atoms with Crippen molar-refractivity contribution in [1.29, 1.82) is 0 Å². The molecule has 0 amide bonds. The molecule has 0 radical (unpaired) electrons. The van der Waals surface area contributed by atoms with E-state index in [0.29, 0.717) is 11.1 Å². The quantitative estimate of drug-likeness (QED) is 0.271. The van der Waals surface area contributed by atoms with Crippen LogP contribution < -0.4 is 0 Å². The Balaban J connectivity index is 1.46. The summed E-state index contributed by atoms with van der Waals surface area (Å²) in [6.45, 7) is 8.30. The molecule has 3 aliphatic carbocycles. The maximum absolute atomic E-state index is 14.5. The third kappa shape index (κ3) is 4.99. The zero-order chi connectivity index (χ0) is 34.1. The van der Waals surface area contributed by atoms with Gasteiger partial charge in [-0.3, -0.25) is 4.79 Å². The maximum atomic E-state index is 14.5. The predicted octanol–water partition coefficient (Wildman–Crippen LogP) is 3.26. The lowest BCUT2D eigenvalue weighted by atomic mass is 9.45. The molecule has 252 valence electrons. The Morgan fingerprint density at radius 1 is 0.979 bits per heavy atom. The zero-order valence-electron chi connectivity index (χ0n) is 27.4. The molecule has 10 heteroatoms. The number of hydrogen-bond acceptors (Lipinski definition) is 10. The monoisotopic (exact) mass is 648 g/mol. The molecule has 6 rings (SSSR count). The number of carbonyl (C=O) groups excluding carboxylic acids is 3. The van der Waals surface area contributed by atoms with E-state index in [-0.39, 0.29) is 31.4 Å². The van der Waals surface area contributed by atoms with Gasteiger partial charge in [0.05, 0.1) is 29.8 Å². The average molecular weight is 649 g/mol. The van der Waals surface area contributed by atoms with Crippen LogP contribution in [0.15, 0.2) is 71.8 Å². The van der Waals surface area contributed by atoms with Crippen LogP contribution in [0, 0.1) is 16.7 Å². The number of carbonyl (C=O) groups is 3. The summed E-state index contributed by atoms with van der Waals surface area (Å²) in [5.41, 5.74) is -4.65. The Morgan fingerprint density at radius 2 is 1.60 bits per heavy atom. The Labute approximate surface area is 274 Å². The summed E-state index contributed by atoms with van der Waals surface area (Å²) in [6, 6.07) is 17.2. The van der Waals surface area contributed by atoms with Crippen molar-refractivity contribution in [3.05, 3.63) is 82.9 Å². The second-order valence-electron chi connectivity index (χ2n) is 14.6. The van der Waals surface area contributed by atoms with Gasteiger partial charge in [0.25, 0.3) is 0 Å². The number of rotatable bonds is 6. The van der Waals surface area contributed by atoms with E-state index >= 15 is 0 Å². The van der Waals surface area contributed by atoms with Gasteiger partial charge in [0.1, 0.15) is 29.2 Å². The largest absolute Gasteiger partial charge is 0.456 e. The van der Waals surface area contributed by atoms with Crippen LogP contribution in [0.5, 0.6) is 0 Å². The van der Waals surface area contributed by atoms with Gasteiger partial charge in [0, 0.05) is 36.5 Å². The lowest BCUT2D eigenvalue weighted by Crippen LogP contribution is -2.80. The maximum Gasteiger partial charge on any atom is 0.338 e. The van der Waals surface area contributed by atoms with Gasteiger partial charge in [-0.1, -0.05) is 74.9 Å². The van der Waals surface area contributed by atoms with E-state index in [9.17, 15) is 34.8 Å². The van der Waals surface area contributed by atoms with Gasteiger partial charge in [-0.2, -0.15) is 0 Å². The molecule has 0 aromatic heterocycles. The number of Topliss-reactive ketones (excluding diaryl/α,β-unsaturated/α-hetero) is 1. The highest BCUT2D eigenvalue weighted by Crippen LogP contribution is 2.63. The molecular formula is C37H44O10. The van der Waals surface area contributed by atoms with Crippen LogP contribution in [-0.2, 0) is 23.8 Å². The zero-order valence-corrected chi connectivity index (χ0v) is 27.4. The third-order valence-corrected chi connectivity index (χ3v) is 11.9. The molecule has 0 spiro atoms. The van der Waals surface area contributed by atoms with Crippen LogP contribution in [0.3, 0.4) is 0 Å². The lowest BCUT2D eigenvalue weighted by molar-refractivity contribution is -0.342. The molecule has 7 unspecified atom stereocenters. The van der Waals surface area contributed by atoms with Crippen molar-refractivity contribution in [2.75, 3.05) is 6.61 Å². The van der Waals surface area contributed by atoms with Crippen LogP contribution in [0.25, 0.3) is 0 Å². The second-order valence-corrected chi connectivity index (χ2v) is 14.6. The van der Waals surface area contributed by atoms with Crippen LogP contribution in [0.1, 0.15) is 75.7 Å². The molecule has 1 heterocycles. The predicted molar refractivity (Wildman–Crippen MR) is 169 cm³/mol. The first-order valence-electron chi connectivity index (χ1n) is 16.2. The normalized spacial score (nSPS) is 37.2. The Hall–Kier alpha value is -3.41. The van der Waals surface area contributed by atoms with Crippen molar-refractivity contribution >= 4 is 17.7 Å². The highest BCUT2D eigenvalue weighted by atomic mass is 16.6. The van der Waals surface area contributed by atoms with E-state index in [1.807, 2.05) is 6.07 Å². The van der Waals surface area contributed by atoms with Gasteiger partial charge >= 0.3 is 11.9 Å². The second kappa shape index (κ2) is 11.6. The molecule has 4 N–H and O–H groups in total. The van der Waals surface area contributed by atoms with Crippen molar-refractivity contribution in [2.45, 2.75) is 102 Å². The molecule has 1 saturated heterocycles. The number of aliphatic hydroxyl groups is 4. The summed E-state index contributed by atoms with van der Waals surface area (Å²) < 4.78 is 17.8. The number of hydrogen-bond donors (Lipinski definition) is 4. The summed E-state index contributed by atoms with van der Waals surface area (Å²) in [5, 5.41) is 47.8. The van der Waals surface area contributed by atoms with Crippen molar-refractivity contribution in [3.63, 3.8) is 0 Å². The molecule has 2 saturated carbocycles. The minimum Gasteiger partial charge on any atom is -0.456 e. The van der Waals surface area contributed by atoms with E-state index in [1.54, 1.807) is 89.2 Å². The molecule has 1 aliphatic heterocycles. The van der Waals surface area contributed by atoms with E-state index < -0.39 is 82.1 Å². The fourth-order valence-corrected chi connectivity index (χ4v) is 8.55. The first-order valence-corrected chi connectivity index (χ1v) is 16.2. The number of aliphatic hydroxyl groups excluding tert-OH is 2. The Morgan fingerprint density at radius 3 is 2.19 bits per heavy atom. The van der Waals surface area contributed by atoms with Gasteiger partial charge in [0.2, 0.25) is 0 Å². The topological polar surface area (TPSA) is 160 Å². The minimum atomic E-state index is -2.02. The Kier molecular flexibility index (Phi) is 8.29. The lowest BCUT2D eigenvalue weighted by Gasteiger charge is -2.66. The molecule has 2 aromatic carbocycles. The van der Waals surface area contributed by atoms with Crippen LogP contribution in [0.4, 0.5) is 0 Å². The van der Waals surface area contributed by atoms with Crippen LogP contribution in [0.2, 0.25) is 0 Å². The molecule has 2 aromatic rings. The summed E-state index contributed by atoms with van der Waals surface area (Å²) in [7, 11) is 0. The number of ketones is 1. The summed E-state index contributed by atoms with van der Waals surface area (Å²) in [6.07, 6.45) is -6.77. The van der Waals surface area contributed by atoms with Crippen molar-refractivity contribution < 1.29 is 49.0 Å². The van der Waals surface area contributed by atoms with Gasteiger partial charge in [-0.15, -0.1) is 0 Å². The SMILES string of the molecule is CC1=C2CC(=O)[C@]3(C)C(O)CC4OC[C@@]4(O)C3C(OC(=O)c3ccccc3)C(O)(CC1OC(=O)C(O)[C@@H](C)c1ccccc1)C2(C)C. The van der Waals surface area contributed by atoms with Gasteiger partial charge in [-0.25, -0.2) is 9.59 Å². The summed E-state index contributed by atoms with van der Waals surface area (Å²) in [5.74, 6) is -3.97. The smallest absolute Gasteiger partial charge is 0.338 e. The molecule has 10 nitrogen and oxygen atoms in total. The number of benzene rings is 2. The fourth-order valence-electron chi connectivity index (χ4n) is 8.55.